The Morgan fingerprint density at radius 3 is 2.05 bits per heavy atom. The van der Waals surface area contributed by atoms with Crippen molar-refractivity contribution in [1.82, 2.24) is 4.72 Å². The number of halogens is 2. The van der Waals surface area contributed by atoms with Crippen LogP contribution in [-0.4, -0.2) is 35.0 Å². The molecule has 0 bridgehead atoms. The van der Waals surface area contributed by atoms with E-state index in [1.165, 1.54) is 21.1 Å². The zero-order valence-corrected chi connectivity index (χ0v) is 11.5. The molecule has 0 heterocycles. The van der Waals surface area contributed by atoms with Crippen molar-refractivity contribution >= 4 is 10.0 Å². The van der Waals surface area contributed by atoms with Gasteiger partial charge in [-0.25, -0.2) is 21.9 Å². The van der Waals surface area contributed by atoms with Crippen molar-refractivity contribution in [2.45, 2.75) is 24.2 Å². The molecule has 0 radical (unpaired) electrons. The van der Waals surface area contributed by atoms with Crippen LogP contribution >= 0.6 is 0 Å². The van der Waals surface area contributed by atoms with Gasteiger partial charge < -0.3 is 9.47 Å². The van der Waals surface area contributed by atoms with E-state index >= 15 is 0 Å². The minimum absolute atomic E-state index is 0.820. The molecule has 19 heavy (non-hydrogen) atoms. The lowest BCUT2D eigenvalue weighted by atomic mass is 10.3. The fourth-order valence-corrected chi connectivity index (χ4v) is 2.97. The number of sulfonamides is 1. The molecule has 8 heteroatoms. The van der Waals surface area contributed by atoms with Crippen LogP contribution in [-0.2, 0) is 19.5 Å². The summed E-state index contributed by atoms with van der Waals surface area (Å²) in [6, 6.07) is 2.00. The SMILES string of the molecule is COC(OC)C(C)NS(=O)(=O)c1c(F)cccc1F. The van der Waals surface area contributed by atoms with Gasteiger partial charge in [-0.05, 0) is 19.1 Å². The molecule has 0 aliphatic carbocycles. The minimum Gasteiger partial charge on any atom is -0.354 e. The van der Waals surface area contributed by atoms with Crippen LogP contribution in [0.5, 0.6) is 0 Å². The van der Waals surface area contributed by atoms with Crippen LogP contribution in [0.3, 0.4) is 0 Å². The molecule has 1 aromatic carbocycles. The van der Waals surface area contributed by atoms with Gasteiger partial charge in [0.05, 0.1) is 6.04 Å². The van der Waals surface area contributed by atoms with E-state index in [1.807, 2.05) is 0 Å². The molecular weight excluding hydrogens is 280 g/mol. The Kier molecular flexibility index (Phi) is 5.36. The van der Waals surface area contributed by atoms with Gasteiger partial charge in [-0.2, -0.15) is 0 Å². The largest absolute Gasteiger partial charge is 0.354 e. The Morgan fingerprint density at radius 2 is 1.63 bits per heavy atom. The monoisotopic (exact) mass is 295 g/mol. The summed E-state index contributed by atoms with van der Waals surface area (Å²) in [5.41, 5.74) is 0. The first kappa shape index (κ1) is 16.0. The average molecular weight is 295 g/mol. The zero-order valence-electron chi connectivity index (χ0n) is 10.7. The van der Waals surface area contributed by atoms with Crippen LogP contribution in [0, 0.1) is 11.6 Å². The second-order valence-electron chi connectivity index (χ2n) is 3.80. The molecule has 0 aliphatic heterocycles. The molecular formula is C11H15F2NO4S. The van der Waals surface area contributed by atoms with Crippen molar-refractivity contribution in [3.05, 3.63) is 29.8 Å². The van der Waals surface area contributed by atoms with E-state index in [-0.39, 0.29) is 0 Å². The third kappa shape index (κ3) is 3.69. The Hall–Kier alpha value is -1.09. The molecule has 0 aliphatic rings. The van der Waals surface area contributed by atoms with Crippen molar-refractivity contribution in [1.29, 1.82) is 0 Å². The van der Waals surface area contributed by atoms with Crippen LogP contribution in [0.4, 0.5) is 8.78 Å². The maximum absolute atomic E-state index is 13.4. The van der Waals surface area contributed by atoms with Gasteiger partial charge in [-0.3, -0.25) is 0 Å². The summed E-state index contributed by atoms with van der Waals surface area (Å²) in [4.78, 5) is -1.02. The number of hydrogen-bond acceptors (Lipinski definition) is 4. The van der Waals surface area contributed by atoms with E-state index in [1.54, 1.807) is 0 Å². The average Bonchev–Trinajstić information content (AvgIpc) is 2.28. The lowest BCUT2D eigenvalue weighted by Gasteiger charge is -2.22. The van der Waals surface area contributed by atoms with Crippen molar-refractivity contribution in [2.75, 3.05) is 14.2 Å². The van der Waals surface area contributed by atoms with E-state index in [0.717, 1.165) is 18.2 Å². The first-order chi connectivity index (χ1) is 8.83. The Balaban J connectivity index is 3.06. The molecule has 0 fully saturated rings. The number of rotatable bonds is 6. The summed E-state index contributed by atoms with van der Waals surface area (Å²) in [5, 5.41) is 0. The van der Waals surface area contributed by atoms with Gasteiger partial charge in [-0.15, -0.1) is 0 Å². The molecule has 0 saturated heterocycles. The normalized spacial score (nSPS) is 13.8. The van der Waals surface area contributed by atoms with Gasteiger partial charge in [-0.1, -0.05) is 6.07 Å². The first-order valence-electron chi connectivity index (χ1n) is 5.35. The Labute approximate surface area is 110 Å². The van der Waals surface area contributed by atoms with Gasteiger partial charge in [0.25, 0.3) is 0 Å². The van der Waals surface area contributed by atoms with Crippen molar-refractivity contribution in [3.63, 3.8) is 0 Å². The molecule has 1 rings (SSSR count). The summed E-state index contributed by atoms with van der Waals surface area (Å²) in [6.07, 6.45) is -0.871. The van der Waals surface area contributed by atoms with Crippen molar-refractivity contribution in [2.24, 2.45) is 0 Å². The summed E-state index contributed by atoms with van der Waals surface area (Å²) in [5.74, 6) is -2.32. The van der Waals surface area contributed by atoms with E-state index in [9.17, 15) is 17.2 Å². The van der Waals surface area contributed by atoms with Crippen molar-refractivity contribution in [3.8, 4) is 0 Å². The highest BCUT2D eigenvalue weighted by atomic mass is 32.2. The Bertz CT molecular complexity index is 511. The van der Waals surface area contributed by atoms with Crippen LogP contribution in [0.15, 0.2) is 23.1 Å². The number of benzene rings is 1. The lowest BCUT2D eigenvalue weighted by Crippen LogP contribution is -2.43. The highest BCUT2D eigenvalue weighted by Crippen LogP contribution is 2.18. The standard InChI is InChI=1S/C11H15F2NO4S/c1-7(11(17-2)18-3)14-19(15,16)10-8(12)5-4-6-9(10)13/h4-7,11,14H,1-3H3. The maximum Gasteiger partial charge on any atom is 0.246 e. The molecule has 108 valence electrons. The molecule has 0 amide bonds. The van der Waals surface area contributed by atoms with Crippen LogP contribution < -0.4 is 4.72 Å². The summed E-state index contributed by atoms with van der Waals surface area (Å²) in [6.45, 7) is 1.45. The van der Waals surface area contributed by atoms with E-state index in [2.05, 4.69) is 4.72 Å². The third-order valence-corrected chi connectivity index (χ3v) is 4.01. The van der Waals surface area contributed by atoms with Crippen LogP contribution in [0.25, 0.3) is 0 Å². The lowest BCUT2D eigenvalue weighted by molar-refractivity contribution is -0.115. The molecule has 5 nitrogen and oxygen atoms in total. The smallest absolute Gasteiger partial charge is 0.246 e. The predicted molar refractivity (Wildman–Crippen MR) is 63.9 cm³/mol. The number of hydrogen-bond donors (Lipinski definition) is 1. The third-order valence-electron chi connectivity index (χ3n) is 2.40. The second-order valence-corrected chi connectivity index (χ2v) is 5.45. The van der Waals surface area contributed by atoms with Gasteiger partial charge in [0.1, 0.15) is 11.6 Å². The first-order valence-corrected chi connectivity index (χ1v) is 6.83. The molecule has 1 N–H and O–H groups in total. The fourth-order valence-electron chi connectivity index (χ4n) is 1.60. The Morgan fingerprint density at radius 1 is 1.16 bits per heavy atom. The minimum atomic E-state index is -4.35. The summed E-state index contributed by atoms with van der Waals surface area (Å²) >= 11 is 0. The van der Waals surface area contributed by atoms with Crippen molar-refractivity contribution < 1.29 is 26.7 Å². The summed E-state index contributed by atoms with van der Waals surface area (Å²) in [7, 11) is -1.70. The van der Waals surface area contributed by atoms with E-state index < -0.39 is 38.9 Å². The van der Waals surface area contributed by atoms with Gasteiger partial charge in [0.15, 0.2) is 11.2 Å². The molecule has 0 spiro atoms. The quantitative estimate of drug-likeness (QED) is 0.802. The highest BCUT2D eigenvalue weighted by Gasteiger charge is 2.28. The number of nitrogens with one attached hydrogen (secondary N) is 1. The molecule has 0 aromatic heterocycles. The zero-order chi connectivity index (χ0) is 14.6. The van der Waals surface area contributed by atoms with Gasteiger partial charge in [0.2, 0.25) is 10.0 Å². The number of methoxy groups -OCH3 is 2. The number of ether oxygens (including phenoxy) is 2. The fraction of sp³-hybridized carbons (Fsp3) is 0.455. The summed E-state index contributed by atoms with van der Waals surface area (Å²) < 4.78 is 62.5. The molecule has 1 unspecified atom stereocenters. The van der Waals surface area contributed by atoms with Gasteiger partial charge in [0, 0.05) is 14.2 Å². The molecule has 1 atom stereocenters. The van der Waals surface area contributed by atoms with Crippen LogP contribution in [0.1, 0.15) is 6.92 Å². The molecule has 0 saturated carbocycles. The van der Waals surface area contributed by atoms with E-state index in [0.29, 0.717) is 0 Å². The predicted octanol–water partition coefficient (Wildman–Crippen LogP) is 1.25. The second kappa shape index (κ2) is 6.38. The topological polar surface area (TPSA) is 64.6 Å². The maximum atomic E-state index is 13.4. The molecule has 1 aromatic rings. The van der Waals surface area contributed by atoms with Gasteiger partial charge >= 0.3 is 0 Å². The van der Waals surface area contributed by atoms with E-state index in [4.69, 9.17) is 9.47 Å². The highest BCUT2D eigenvalue weighted by molar-refractivity contribution is 7.89. The van der Waals surface area contributed by atoms with Crippen LogP contribution in [0.2, 0.25) is 0 Å².